The molecule has 1 aliphatic heterocycles. The fourth-order valence-corrected chi connectivity index (χ4v) is 1.92. The van der Waals surface area contributed by atoms with E-state index in [1.54, 1.807) is 0 Å². The standard InChI is InChI=1S/C10H18N/c1-2-4-8-11(9-5-3-1)10-6-7-10/h2,10H,1,3-9H2. The molecule has 2 fully saturated rings. The van der Waals surface area contributed by atoms with Crippen LogP contribution in [-0.2, 0) is 0 Å². The molecule has 1 heteroatoms. The molecule has 1 nitrogen and oxygen atoms in total. The Bertz CT molecular complexity index is 110. The van der Waals surface area contributed by atoms with Gasteiger partial charge in [0.15, 0.2) is 0 Å². The molecule has 0 aromatic heterocycles. The lowest BCUT2D eigenvalue weighted by Crippen LogP contribution is -2.29. The second-order valence-electron chi connectivity index (χ2n) is 3.84. The lowest BCUT2D eigenvalue weighted by atomic mass is 10.1. The highest BCUT2D eigenvalue weighted by atomic mass is 15.2. The zero-order valence-electron chi connectivity index (χ0n) is 7.26. The molecule has 1 aliphatic carbocycles. The Labute approximate surface area is 69.8 Å². The smallest absolute Gasteiger partial charge is 0.00964 e. The van der Waals surface area contributed by atoms with Crippen molar-refractivity contribution >= 4 is 0 Å². The van der Waals surface area contributed by atoms with Gasteiger partial charge >= 0.3 is 0 Å². The third-order valence-electron chi connectivity index (χ3n) is 2.79. The van der Waals surface area contributed by atoms with Gasteiger partial charge in [0.1, 0.15) is 0 Å². The molecule has 2 aliphatic rings. The van der Waals surface area contributed by atoms with Gasteiger partial charge in [0.2, 0.25) is 0 Å². The van der Waals surface area contributed by atoms with Crippen LogP contribution in [-0.4, -0.2) is 24.0 Å². The van der Waals surface area contributed by atoms with E-state index in [9.17, 15) is 0 Å². The van der Waals surface area contributed by atoms with Gasteiger partial charge in [-0.2, -0.15) is 0 Å². The number of hydrogen-bond acceptors (Lipinski definition) is 1. The van der Waals surface area contributed by atoms with Crippen molar-refractivity contribution in [2.75, 3.05) is 13.1 Å². The van der Waals surface area contributed by atoms with Crippen molar-refractivity contribution in [1.29, 1.82) is 0 Å². The molecule has 2 rings (SSSR count). The van der Waals surface area contributed by atoms with Crippen molar-refractivity contribution in [3.8, 4) is 0 Å². The highest BCUT2D eigenvalue weighted by Gasteiger charge is 2.28. The molecule has 0 bridgehead atoms. The molecule has 0 spiro atoms. The summed E-state index contributed by atoms with van der Waals surface area (Å²) in [4.78, 5) is 2.69. The highest BCUT2D eigenvalue weighted by molar-refractivity contribution is 4.86. The largest absolute Gasteiger partial charge is 0.300 e. The number of likely N-dealkylation sites (tertiary alicyclic amines) is 1. The van der Waals surface area contributed by atoms with Crippen molar-refractivity contribution < 1.29 is 0 Å². The van der Waals surface area contributed by atoms with Crippen molar-refractivity contribution in [1.82, 2.24) is 4.90 Å². The lowest BCUT2D eigenvalue weighted by molar-refractivity contribution is 0.251. The Kier molecular flexibility index (Phi) is 2.47. The molecule has 63 valence electrons. The Morgan fingerprint density at radius 1 is 1.00 bits per heavy atom. The third-order valence-corrected chi connectivity index (χ3v) is 2.79. The van der Waals surface area contributed by atoms with Gasteiger partial charge in [-0.1, -0.05) is 12.8 Å². The molecular formula is C10H18N. The topological polar surface area (TPSA) is 3.24 Å². The van der Waals surface area contributed by atoms with E-state index in [2.05, 4.69) is 11.3 Å². The molecule has 0 amide bonds. The van der Waals surface area contributed by atoms with Crippen molar-refractivity contribution in [3.63, 3.8) is 0 Å². The first kappa shape index (κ1) is 7.60. The molecule has 1 saturated heterocycles. The first-order valence-corrected chi connectivity index (χ1v) is 5.02. The van der Waals surface area contributed by atoms with Crippen LogP contribution in [0, 0.1) is 6.42 Å². The summed E-state index contributed by atoms with van der Waals surface area (Å²) in [6.07, 6.45) is 10.9. The van der Waals surface area contributed by atoms with E-state index in [1.807, 2.05) is 0 Å². The minimum atomic E-state index is 0.987. The van der Waals surface area contributed by atoms with Gasteiger partial charge in [-0.25, -0.2) is 0 Å². The Morgan fingerprint density at radius 2 is 1.91 bits per heavy atom. The predicted molar refractivity (Wildman–Crippen MR) is 47.4 cm³/mol. The molecule has 0 aromatic carbocycles. The quantitative estimate of drug-likeness (QED) is 0.557. The zero-order valence-corrected chi connectivity index (χ0v) is 7.26. The SMILES string of the molecule is [CH]1CCCCN(C2CC2)CC1. The maximum absolute atomic E-state index is 2.69. The van der Waals surface area contributed by atoms with E-state index < -0.39 is 0 Å². The monoisotopic (exact) mass is 152 g/mol. The average molecular weight is 152 g/mol. The van der Waals surface area contributed by atoms with E-state index in [1.165, 1.54) is 51.6 Å². The Hall–Kier alpha value is -0.0400. The van der Waals surface area contributed by atoms with Gasteiger partial charge in [-0.15, -0.1) is 0 Å². The third kappa shape index (κ3) is 2.19. The highest BCUT2D eigenvalue weighted by Crippen LogP contribution is 2.28. The normalized spacial score (nSPS) is 29.5. The number of nitrogens with zero attached hydrogens (tertiary/aromatic N) is 1. The zero-order chi connectivity index (χ0) is 7.52. The molecule has 0 N–H and O–H groups in total. The lowest BCUT2D eigenvalue weighted by Gasteiger charge is -2.23. The van der Waals surface area contributed by atoms with E-state index >= 15 is 0 Å². The summed E-state index contributed by atoms with van der Waals surface area (Å²) in [6, 6.07) is 0.987. The maximum atomic E-state index is 2.69. The van der Waals surface area contributed by atoms with Gasteiger partial charge in [0, 0.05) is 6.04 Å². The van der Waals surface area contributed by atoms with Crippen LogP contribution in [0.3, 0.4) is 0 Å². The van der Waals surface area contributed by atoms with Crippen molar-refractivity contribution in [2.45, 2.75) is 44.6 Å². The summed E-state index contributed by atoms with van der Waals surface area (Å²) in [5.41, 5.74) is 0. The number of rotatable bonds is 1. The van der Waals surface area contributed by atoms with E-state index in [0.717, 1.165) is 6.04 Å². The first-order valence-electron chi connectivity index (χ1n) is 5.02. The molecule has 1 heterocycles. The summed E-state index contributed by atoms with van der Waals surface area (Å²) in [7, 11) is 0. The van der Waals surface area contributed by atoms with Gasteiger partial charge in [0.25, 0.3) is 0 Å². The average Bonchev–Trinajstić information content (AvgIpc) is 2.68. The van der Waals surface area contributed by atoms with Crippen LogP contribution < -0.4 is 0 Å². The Morgan fingerprint density at radius 3 is 2.73 bits per heavy atom. The van der Waals surface area contributed by atoms with Gasteiger partial charge < -0.3 is 4.90 Å². The van der Waals surface area contributed by atoms with E-state index in [4.69, 9.17) is 0 Å². The summed E-state index contributed by atoms with van der Waals surface area (Å²) >= 11 is 0. The van der Waals surface area contributed by atoms with Crippen LogP contribution in [0.2, 0.25) is 0 Å². The maximum Gasteiger partial charge on any atom is 0.00964 e. The van der Waals surface area contributed by atoms with Crippen molar-refractivity contribution in [2.24, 2.45) is 0 Å². The fraction of sp³-hybridized carbons (Fsp3) is 0.900. The summed E-state index contributed by atoms with van der Waals surface area (Å²) in [6.45, 7) is 2.71. The fourth-order valence-electron chi connectivity index (χ4n) is 1.92. The second kappa shape index (κ2) is 3.57. The van der Waals surface area contributed by atoms with Crippen LogP contribution in [0.1, 0.15) is 38.5 Å². The predicted octanol–water partition coefficient (Wildman–Crippen LogP) is 2.23. The minimum Gasteiger partial charge on any atom is -0.300 e. The van der Waals surface area contributed by atoms with Crippen LogP contribution >= 0.6 is 0 Å². The first-order chi connectivity index (χ1) is 5.47. The minimum absolute atomic E-state index is 0.987. The van der Waals surface area contributed by atoms with Crippen LogP contribution in [0.4, 0.5) is 0 Å². The van der Waals surface area contributed by atoms with Crippen LogP contribution in [0.5, 0.6) is 0 Å². The molecule has 11 heavy (non-hydrogen) atoms. The molecule has 0 unspecified atom stereocenters. The molecule has 1 radical (unpaired) electrons. The summed E-state index contributed by atoms with van der Waals surface area (Å²) in [5, 5.41) is 0. The van der Waals surface area contributed by atoms with Gasteiger partial charge in [0.05, 0.1) is 0 Å². The van der Waals surface area contributed by atoms with E-state index in [0.29, 0.717) is 0 Å². The second-order valence-corrected chi connectivity index (χ2v) is 3.84. The van der Waals surface area contributed by atoms with Crippen LogP contribution in [0.25, 0.3) is 0 Å². The molecular weight excluding hydrogens is 134 g/mol. The number of hydrogen-bond donors (Lipinski definition) is 0. The molecule has 0 atom stereocenters. The molecule has 1 saturated carbocycles. The van der Waals surface area contributed by atoms with Gasteiger partial charge in [-0.05, 0) is 45.2 Å². The van der Waals surface area contributed by atoms with Crippen molar-refractivity contribution in [3.05, 3.63) is 6.42 Å². The van der Waals surface area contributed by atoms with E-state index in [-0.39, 0.29) is 0 Å². The Balaban J connectivity index is 1.76. The van der Waals surface area contributed by atoms with Crippen LogP contribution in [0.15, 0.2) is 0 Å². The summed E-state index contributed by atoms with van der Waals surface area (Å²) < 4.78 is 0. The molecule has 0 aromatic rings. The summed E-state index contributed by atoms with van der Waals surface area (Å²) in [5.74, 6) is 0. The van der Waals surface area contributed by atoms with Gasteiger partial charge in [-0.3, -0.25) is 0 Å².